The van der Waals surface area contributed by atoms with Gasteiger partial charge in [0.25, 0.3) is 0 Å². The van der Waals surface area contributed by atoms with E-state index in [9.17, 15) is 29.1 Å². The number of nitrogens with one attached hydrogen (secondary N) is 5. The quantitative estimate of drug-likeness (QED) is 0.106. The van der Waals surface area contributed by atoms with Gasteiger partial charge in [0.1, 0.15) is 30.0 Å². The van der Waals surface area contributed by atoms with E-state index in [0.717, 1.165) is 50.9 Å². The molecule has 3 aliphatic rings. The number of aliphatic hydroxyl groups excluding tert-OH is 1. The summed E-state index contributed by atoms with van der Waals surface area (Å²) in [7, 11) is 0. The first-order chi connectivity index (χ1) is 34.3. The molecule has 71 heavy (non-hydrogen) atoms. The zero-order valence-electron chi connectivity index (χ0n) is 39.3. The van der Waals surface area contributed by atoms with Crippen molar-refractivity contribution in [3.05, 3.63) is 83.2 Å². The summed E-state index contributed by atoms with van der Waals surface area (Å²) < 4.78 is 2.64. The summed E-state index contributed by atoms with van der Waals surface area (Å²) in [5, 5.41) is 40.1. The van der Waals surface area contributed by atoms with Crippen molar-refractivity contribution in [2.24, 2.45) is 17.4 Å². The molecule has 376 valence electrons. The molecule has 0 bridgehead atoms. The first-order valence-electron chi connectivity index (χ1n) is 24.3. The van der Waals surface area contributed by atoms with E-state index in [1.165, 1.54) is 16.2 Å². The van der Waals surface area contributed by atoms with Gasteiger partial charge in [-0.2, -0.15) is 0 Å². The third-order valence-electron chi connectivity index (χ3n) is 13.7. The normalized spacial score (nSPS) is 25.2. The van der Waals surface area contributed by atoms with Gasteiger partial charge in [0.05, 0.1) is 30.7 Å². The predicted molar refractivity (Wildman–Crippen MR) is 268 cm³/mol. The molecule has 2 saturated heterocycles. The van der Waals surface area contributed by atoms with Crippen molar-refractivity contribution >= 4 is 74.1 Å². The number of aromatic nitrogens is 3. The van der Waals surface area contributed by atoms with E-state index in [0.29, 0.717) is 31.4 Å². The molecule has 21 heteroatoms. The number of thiophene rings is 2. The zero-order chi connectivity index (χ0) is 50.0. The van der Waals surface area contributed by atoms with Crippen LogP contribution in [0, 0.1) is 5.92 Å². The minimum Gasteiger partial charge on any atom is -0.376 e. The number of amides is 7. The topological polar surface area (TPSA) is 286 Å². The summed E-state index contributed by atoms with van der Waals surface area (Å²) in [6, 6.07) is 13.3. The molecule has 1 aliphatic carbocycles. The Balaban J connectivity index is 1.14. The Morgan fingerprint density at radius 2 is 1.55 bits per heavy atom. The first kappa shape index (κ1) is 50.8. The minimum absolute atomic E-state index is 0.00989. The number of carbonyl (C=O) groups is 7. The third kappa shape index (κ3) is 12.9. The molecule has 0 radical (unpaired) electrons. The monoisotopic (exact) mass is 1010 g/mol. The van der Waals surface area contributed by atoms with Gasteiger partial charge in [0, 0.05) is 47.5 Å². The van der Waals surface area contributed by atoms with Gasteiger partial charge in [-0.1, -0.05) is 73.0 Å². The second kappa shape index (κ2) is 23.6. The fourth-order valence-corrected chi connectivity index (χ4v) is 11.6. The van der Waals surface area contributed by atoms with E-state index in [4.69, 9.17) is 11.5 Å². The van der Waals surface area contributed by atoms with Gasteiger partial charge < -0.3 is 42.7 Å². The van der Waals surface area contributed by atoms with Crippen molar-refractivity contribution in [2.75, 3.05) is 13.1 Å². The number of rotatable bonds is 9. The molecule has 10 N–H and O–H groups in total. The summed E-state index contributed by atoms with van der Waals surface area (Å²) in [6.07, 6.45) is 4.12. The molecule has 0 spiro atoms. The van der Waals surface area contributed by atoms with E-state index in [-0.39, 0.29) is 51.1 Å². The van der Waals surface area contributed by atoms with E-state index < -0.39 is 90.3 Å². The Morgan fingerprint density at radius 1 is 0.803 bits per heavy atom. The molecule has 5 aromatic rings. The van der Waals surface area contributed by atoms with Crippen LogP contribution in [0.3, 0.4) is 0 Å². The fraction of sp³-hybridized carbons (Fsp3) is 0.460. The van der Waals surface area contributed by atoms with Gasteiger partial charge in [-0.15, -0.1) is 27.8 Å². The van der Waals surface area contributed by atoms with Crippen molar-refractivity contribution < 1.29 is 38.7 Å². The van der Waals surface area contributed by atoms with Gasteiger partial charge in [0.2, 0.25) is 41.4 Å². The Bertz CT molecular complexity index is 2690. The number of hydrogen-bond acceptors (Lipinski definition) is 13. The molecule has 7 atom stereocenters. The van der Waals surface area contributed by atoms with Crippen LogP contribution in [-0.4, -0.2) is 116 Å². The summed E-state index contributed by atoms with van der Waals surface area (Å²) in [5.74, 6) is -5.01. The first-order valence-corrected chi connectivity index (χ1v) is 26.1. The van der Waals surface area contributed by atoms with E-state index in [1.807, 2.05) is 71.4 Å². The predicted octanol–water partition coefficient (Wildman–Crippen LogP) is 3.03. The zero-order valence-corrected chi connectivity index (χ0v) is 40.9. The van der Waals surface area contributed by atoms with E-state index >= 15 is 9.59 Å². The Morgan fingerprint density at radius 3 is 2.30 bits per heavy atom. The van der Waals surface area contributed by atoms with Crippen LogP contribution in [0.5, 0.6) is 0 Å². The number of benzene rings is 2. The molecule has 3 aromatic heterocycles. The van der Waals surface area contributed by atoms with E-state index in [2.05, 4.69) is 36.9 Å². The lowest BCUT2D eigenvalue weighted by Crippen LogP contribution is -2.61. The SMILES string of the molecule is NC(=O)C[C@@H]1NC(=O)CCC(=O)NCCCC[C@@H](C(N)=O)NC(O)[C@H](Cc2csc3ccccc23)NC(=O)[C@@H]2C[C@H](n3cc(-c4ccc(-c5cccs5)cc4)nn3)CN2C(=O)[C@H](C2CCCCC2)NC1=O. The molecular formula is C50H61N11O8S2. The molecule has 1 unspecified atom stereocenters. The second-order valence-electron chi connectivity index (χ2n) is 18.7. The van der Waals surface area contributed by atoms with Gasteiger partial charge in [-0.3, -0.25) is 38.9 Å². The molecular weight excluding hydrogens is 947 g/mol. The molecule has 3 fully saturated rings. The Labute approximate surface area is 418 Å². The molecule has 1 saturated carbocycles. The number of hydrogen-bond donors (Lipinski definition) is 8. The number of primary amides is 2. The van der Waals surface area contributed by atoms with Gasteiger partial charge in [-0.25, -0.2) is 4.68 Å². The maximum absolute atomic E-state index is 15.4. The number of fused-ring (bicyclic) bond motifs is 2. The number of carbonyl (C=O) groups excluding carboxylic acids is 7. The molecule has 5 heterocycles. The lowest BCUT2D eigenvalue weighted by molar-refractivity contribution is -0.144. The molecule has 2 aromatic carbocycles. The van der Waals surface area contributed by atoms with Gasteiger partial charge in [-0.05, 0) is 83.8 Å². The van der Waals surface area contributed by atoms with Crippen LogP contribution in [0.25, 0.3) is 31.8 Å². The fourth-order valence-electron chi connectivity index (χ4n) is 9.89. The number of nitrogens with two attached hydrogens (primary N) is 2. The van der Waals surface area contributed by atoms with Crippen LogP contribution >= 0.6 is 22.7 Å². The summed E-state index contributed by atoms with van der Waals surface area (Å²) in [4.78, 5) is 98.4. The number of aliphatic hydroxyl groups is 1. The summed E-state index contributed by atoms with van der Waals surface area (Å²) >= 11 is 3.15. The van der Waals surface area contributed by atoms with Crippen LogP contribution < -0.4 is 38.1 Å². The minimum atomic E-state index is -1.50. The Kier molecular flexibility index (Phi) is 16.9. The molecule has 8 rings (SSSR count). The van der Waals surface area contributed by atoms with Crippen LogP contribution in [0.4, 0.5) is 0 Å². The highest BCUT2D eigenvalue weighted by atomic mass is 32.1. The van der Waals surface area contributed by atoms with E-state index in [1.54, 1.807) is 22.2 Å². The molecule has 2 aliphatic heterocycles. The van der Waals surface area contributed by atoms with Crippen LogP contribution in [0.15, 0.2) is 77.6 Å². The summed E-state index contributed by atoms with van der Waals surface area (Å²) in [6.45, 7) is 0.212. The van der Waals surface area contributed by atoms with Crippen molar-refractivity contribution in [3.63, 3.8) is 0 Å². The third-order valence-corrected chi connectivity index (χ3v) is 15.7. The lowest BCUT2D eigenvalue weighted by Gasteiger charge is -2.36. The maximum Gasteiger partial charge on any atom is 0.246 e. The molecule has 19 nitrogen and oxygen atoms in total. The average molecular weight is 1010 g/mol. The standard InChI is InChI=1S/C50H61N11O8S2/c51-42(62)25-37-48(67)57-45(31-9-2-1-3-10-31)50(69)60-26-33(61-27-38(58-59-61)29-15-17-30(18-16-29)40-14-8-22-70-40)24-39(60)49(68)56-36(23-32-28-71-41-13-5-4-11-34(32)41)47(66)55-35(46(52)65)12-6-7-21-53-43(63)19-20-44(64)54-37/h4-5,8,11,13-18,22,27-28,31,33,35-37,39,45,47,55,66H,1-3,6-7,9-10,12,19-21,23-26H2,(H2,51,62)(H2,52,65)(H,53,63)(H,54,64)(H,56,68)(H,57,67)/t33-,35-,36-,37-,39-,45-,47?/m0/s1. The van der Waals surface area contributed by atoms with Crippen molar-refractivity contribution in [3.8, 4) is 21.7 Å². The Hall–Kier alpha value is -6.55. The highest BCUT2D eigenvalue weighted by molar-refractivity contribution is 7.17. The van der Waals surface area contributed by atoms with Crippen molar-refractivity contribution in [1.82, 2.24) is 46.5 Å². The van der Waals surface area contributed by atoms with Crippen molar-refractivity contribution in [1.29, 1.82) is 0 Å². The second-order valence-corrected chi connectivity index (χ2v) is 20.6. The number of nitrogens with zero attached hydrogens (tertiary/aromatic N) is 4. The van der Waals surface area contributed by atoms with Crippen LogP contribution in [0.2, 0.25) is 0 Å². The van der Waals surface area contributed by atoms with Crippen LogP contribution in [-0.2, 0) is 40.0 Å². The summed E-state index contributed by atoms with van der Waals surface area (Å²) in [5.41, 5.74) is 14.7. The highest BCUT2D eigenvalue weighted by Crippen LogP contribution is 2.34. The lowest BCUT2D eigenvalue weighted by atomic mass is 9.83. The smallest absolute Gasteiger partial charge is 0.246 e. The van der Waals surface area contributed by atoms with Gasteiger partial charge >= 0.3 is 0 Å². The molecule has 7 amide bonds. The van der Waals surface area contributed by atoms with Crippen molar-refractivity contribution in [2.45, 2.75) is 126 Å². The average Bonchev–Trinajstić information content (AvgIpc) is 4.22. The van der Waals surface area contributed by atoms with Crippen LogP contribution in [0.1, 0.15) is 88.7 Å². The maximum atomic E-state index is 15.4. The largest absolute Gasteiger partial charge is 0.376 e. The highest BCUT2D eigenvalue weighted by Gasteiger charge is 2.46. The van der Waals surface area contributed by atoms with Gasteiger partial charge in [0.15, 0.2) is 0 Å².